The molecule has 0 amide bonds. The summed E-state index contributed by atoms with van der Waals surface area (Å²) in [5, 5.41) is 10.8. The van der Waals surface area contributed by atoms with Crippen LogP contribution in [0.15, 0.2) is 261 Å². The molecule has 0 saturated heterocycles. The summed E-state index contributed by atoms with van der Waals surface area (Å²) in [6, 6.07) is 96.5. The number of para-hydroxylation sites is 4. The first-order valence-electron chi connectivity index (χ1n) is 22.1. The number of hydrogen-bond acceptors (Lipinski definition) is 3. The predicted molar refractivity (Wildman–Crippen MR) is 273 cm³/mol. The normalized spacial score (nSPS) is 14.1. The van der Waals surface area contributed by atoms with Gasteiger partial charge >= 0.3 is 0 Å². The molecule has 0 spiro atoms. The van der Waals surface area contributed by atoms with E-state index >= 15 is 0 Å². The summed E-state index contributed by atoms with van der Waals surface area (Å²) < 4.78 is 0. The number of anilines is 6. The summed E-state index contributed by atoms with van der Waals surface area (Å²) in [6.07, 6.45) is 0. The van der Waals surface area contributed by atoms with Crippen molar-refractivity contribution in [2.24, 2.45) is 0 Å². The van der Waals surface area contributed by atoms with Crippen LogP contribution in [0.25, 0.3) is 11.1 Å². The van der Waals surface area contributed by atoms with E-state index in [4.69, 9.17) is 4.98 Å². The largest absolute Gasteiger partial charge is 0.295 e. The van der Waals surface area contributed by atoms with Gasteiger partial charge in [-0.15, -0.1) is 0 Å². The third-order valence-corrected chi connectivity index (χ3v) is 23.1. The Morgan fingerprint density at radius 3 is 0.797 bits per heavy atom. The van der Waals surface area contributed by atoms with Crippen LogP contribution in [0.3, 0.4) is 0 Å². The average molecular weight is 850 g/mol. The molecular weight excluding hydrogens is 807 g/mol. The van der Waals surface area contributed by atoms with Gasteiger partial charge in [0.2, 0.25) is 0 Å². The van der Waals surface area contributed by atoms with Crippen LogP contribution in [0.1, 0.15) is 0 Å². The van der Waals surface area contributed by atoms with Crippen LogP contribution in [-0.2, 0) is 0 Å². The molecule has 0 atom stereocenters. The number of nitrogens with zero attached hydrogens (tertiary/aromatic N) is 3. The van der Waals surface area contributed by atoms with Crippen molar-refractivity contribution in [2.75, 3.05) is 9.80 Å². The molecule has 12 rings (SSSR count). The quantitative estimate of drug-likeness (QED) is 0.149. The van der Waals surface area contributed by atoms with Gasteiger partial charge in [-0.25, -0.2) is 4.98 Å². The van der Waals surface area contributed by atoms with Gasteiger partial charge in [0.15, 0.2) is 16.1 Å². The molecular formula is C59H43N3Si2. The molecule has 1 aromatic heterocycles. The maximum absolute atomic E-state index is 5.87. The van der Waals surface area contributed by atoms with Crippen molar-refractivity contribution < 1.29 is 0 Å². The minimum atomic E-state index is -2.82. The van der Waals surface area contributed by atoms with Crippen molar-refractivity contribution in [3.63, 3.8) is 0 Å². The lowest BCUT2D eigenvalue weighted by Gasteiger charge is -2.45. The van der Waals surface area contributed by atoms with Crippen LogP contribution < -0.4 is 51.3 Å². The van der Waals surface area contributed by atoms with Gasteiger partial charge in [0.1, 0.15) is 11.6 Å². The fourth-order valence-electron chi connectivity index (χ4n) is 10.8. The molecule has 0 bridgehead atoms. The summed E-state index contributed by atoms with van der Waals surface area (Å²) in [5.41, 5.74) is 6.86. The Kier molecular flexibility index (Phi) is 9.18. The first kappa shape index (κ1) is 37.9. The zero-order valence-corrected chi connectivity index (χ0v) is 37.2. The number of fused-ring (bicyclic) bond motifs is 4. The van der Waals surface area contributed by atoms with Crippen molar-refractivity contribution in [1.82, 2.24) is 4.98 Å². The van der Waals surface area contributed by atoms with E-state index in [0.29, 0.717) is 0 Å². The van der Waals surface area contributed by atoms with Crippen LogP contribution in [0.2, 0.25) is 0 Å². The molecule has 2 aliphatic rings. The van der Waals surface area contributed by atoms with Gasteiger partial charge < -0.3 is 0 Å². The molecule has 0 radical (unpaired) electrons. The van der Waals surface area contributed by atoms with Crippen molar-refractivity contribution in [3.05, 3.63) is 261 Å². The van der Waals surface area contributed by atoms with Crippen molar-refractivity contribution in [3.8, 4) is 11.1 Å². The van der Waals surface area contributed by atoms with Gasteiger partial charge in [0.25, 0.3) is 0 Å². The molecule has 10 aromatic rings. The maximum atomic E-state index is 5.87. The molecule has 64 heavy (non-hydrogen) atoms. The second-order valence-electron chi connectivity index (χ2n) is 16.6. The zero-order valence-electron chi connectivity index (χ0n) is 35.2. The Morgan fingerprint density at radius 2 is 0.500 bits per heavy atom. The fraction of sp³-hybridized carbons (Fsp3) is 0. The maximum Gasteiger partial charge on any atom is 0.184 e. The van der Waals surface area contributed by atoms with E-state index in [0.717, 1.165) is 45.5 Å². The minimum absolute atomic E-state index is 0.870. The summed E-state index contributed by atoms with van der Waals surface area (Å²) in [7, 11) is -5.65. The highest BCUT2D eigenvalue weighted by Gasteiger charge is 2.51. The lowest BCUT2D eigenvalue weighted by Crippen LogP contribution is -2.77. The highest BCUT2D eigenvalue weighted by molar-refractivity contribution is 7.22. The molecule has 0 unspecified atom stereocenters. The molecule has 5 heteroatoms. The lowest BCUT2D eigenvalue weighted by molar-refractivity contribution is 1.14. The van der Waals surface area contributed by atoms with Crippen LogP contribution >= 0.6 is 0 Å². The molecule has 0 N–H and O–H groups in total. The van der Waals surface area contributed by atoms with Gasteiger partial charge in [-0.05, 0) is 89.0 Å². The van der Waals surface area contributed by atoms with Crippen LogP contribution in [0, 0.1) is 0 Å². The van der Waals surface area contributed by atoms with E-state index in [1.165, 1.54) is 41.5 Å². The standard InChI is InChI=1S/C59H43N3Si2/c1-6-24-44(25-7-1)45-42-58(61-50-34-16-20-38-54(50)63(46-26-8-2-9-27-46,47-28-10-3-11-29-47)55-39-21-17-35-51(55)61)60-59(43-45)62-52-36-18-22-40-56(52)64(48-30-12-4-13-31-48,49-32-14-5-15-33-49)57-41-23-19-37-53(57)62/h1-43H. The monoisotopic (exact) mass is 849 g/mol. The molecule has 0 saturated carbocycles. The Balaban J connectivity index is 1.14. The number of aromatic nitrogens is 1. The van der Waals surface area contributed by atoms with E-state index in [2.05, 4.69) is 271 Å². The summed E-state index contributed by atoms with van der Waals surface area (Å²) >= 11 is 0. The highest BCUT2D eigenvalue weighted by atomic mass is 28.3. The van der Waals surface area contributed by atoms with Gasteiger partial charge in [-0.2, -0.15) is 0 Å². The number of rotatable bonds is 7. The van der Waals surface area contributed by atoms with E-state index in [1.54, 1.807) is 0 Å². The Hall–Kier alpha value is -7.84. The van der Waals surface area contributed by atoms with E-state index < -0.39 is 16.1 Å². The summed E-state index contributed by atoms with van der Waals surface area (Å²) in [5.74, 6) is 1.74. The SMILES string of the molecule is c1ccc(-c2cc(N3c4ccccc4[Si](c4ccccc4)(c4ccccc4)c4ccccc43)nc(N3c4ccccc4[Si](c4ccccc4)(c4ccccc4)c4ccccc43)c2)cc1. The van der Waals surface area contributed by atoms with Crippen LogP contribution in [-0.4, -0.2) is 21.1 Å². The number of benzene rings is 9. The topological polar surface area (TPSA) is 19.4 Å². The minimum Gasteiger partial charge on any atom is -0.295 e. The Morgan fingerprint density at radius 1 is 0.250 bits per heavy atom. The van der Waals surface area contributed by atoms with E-state index in [9.17, 15) is 0 Å². The van der Waals surface area contributed by atoms with E-state index in [1.807, 2.05) is 0 Å². The second kappa shape index (κ2) is 15.5. The van der Waals surface area contributed by atoms with Crippen LogP contribution in [0.5, 0.6) is 0 Å². The van der Waals surface area contributed by atoms with Crippen molar-refractivity contribution >= 4 is 92.0 Å². The Labute approximate surface area is 376 Å². The second-order valence-corrected chi connectivity index (χ2v) is 24.1. The molecule has 2 aliphatic heterocycles. The average Bonchev–Trinajstić information content (AvgIpc) is 3.38. The highest BCUT2D eigenvalue weighted by Crippen LogP contribution is 2.43. The smallest absolute Gasteiger partial charge is 0.184 e. The molecule has 3 nitrogen and oxygen atoms in total. The first-order chi connectivity index (χ1) is 31.8. The number of hydrogen-bond donors (Lipinski definition) is 0. The van der Waals surface area contributed by atoms with Gasteiger partial charge in [-0.3, -0.25) is 9.80 Å². The van der Waals surface area contributed by atoms with Crippen molar-refractivity contribution in [1.29, 1.82) is 0 Å². The molecule has 3 heterocycles. The molecule has 0 fully saturated rings. The summed E-state index contributed by atoms with van der Waals surface area (Å²) in [4.78, 5) is 10.7. The summed E-state index contributed by atoms with van der Waals surface area (Å²) in [6.45, 7) is 0. The number of pyridine rings is 1. The fourth-order valence-corrected chi connectivity index (χ4v) is 21.1. The lowest BCUT2D eigenvalue weighted by atomic mass is 10.1. The van der Waals surface area contributed by atoms with Crippen LogP contribution in [0.4, 0.5) is 34.4 Å². The van der Waals surface area contributed by atoms with Gasteiger partial charge in [-0.1, -0.05) is 224 Å². The van der Waals surface area contributed by atoms with Gasteiger partial charge in [0.05, 0.1) is 0 Å². The zero-order chi connectivity index (χ0) is 42.5. The third kappa shape index (κ3) is 5.68. The Bertz CT molecular complexity index is 2910. The predicted octanol–water partition coefficient (Wildman–Crippen LogP) is 9.07. The molecule has 302 valence electrons. The van der Waals surface area contributed by atoms with Gasteiger partial charge in [0, 0.05) is 22.7 Å². The first-order valence-corrected chi connectivity index (χ1v) is 26.1. The molecule has 9 aromatic carbocycles. The molecule has 0 aliphatic carbocycles. The van der Waals surface area contributed by atoms with E-state index in [-0.39, 0.29) is 0 Å². The third-order valence-electron chi connectivity index (χ3n) is 13.4. The van der Waals surface area contributed by atoms with Crippen molar-refractivity contribution in [2.45, 2.75) is 0 Å².